The highest BCUT2D eigenvalue weighted by Crippen LogP contribution is 2.36. The number of aromatic nitrogens is 1. The quantitative estimate of drug-likeness (QED) is 0.162. The van der Waals surface area contributed by atoms with Crippen molar-refractivity contribution in [3.63, 3.8) is 0 Å². The summed E-state index contributed by atoms with van der Waals surface area (Å²) in [6.45, 7) is 0. The van der Waals surface area contributed by atoms with Crippen LogP contribution in [0.15, 0.2) is 47.4 Å². The van der Waals surface area contributed by atoms with Crippen molar-refractivity contribution in [1.29, 1.82) is 0 Å². The number of halogens is 1. The van der Waals surface area contributed by atoms with Crippen molar-refractivity contribution in [2.75, 3.05) is 5.88 Å². The molecule has 9 heteroatoms. The molecule has 0 aliphatic carbocycles. The van der Waals surface area contributed by atoms with E-state index in [2.05, 4.69) is 4.98 Å². The van der Waals surface area contributed by atoms with E-state index in [4.69, 9.17) is 5.84 Å². The van der Waals surface area contributed by atoms with Crippen molar-refractivity contribution >= 4 is 28.6 Å². The van der Waals surface area contributed by atoms with Gasteiger partial charge in [-0.3, -0.25) is 20.3 Å². The maximum absolute atomic E-state index is 14.3. The van der Waals surface area contributed by atoms with Gasteiger partial charge in [0.2, 0.25) is 0 Å². The number of hydrazine groups is 1. The van der Waals surface area contributed by atoms with Crippen molar-refractivity contribution in [3.05, 3.63) is 64.1 Å². The summed E-state index contributed by atoms with van der Waals surface area (Å²) in [6, 6.07) is 11.1. The molecule has 7 nitrogen and oxygen atoms in total. The van der Waals surface area contributed by atoms with Gasteiger partial charge >= 0.3 is 0 Å². The third-order valence-corrected chi connectivity index (χ3v) is 4.54. The van der Waals surface area contributed by atoms with Gasteiger partial charge in [-0.25, -0.2) is 10.2 Å². The molecule has 25 heavy (non-hydrogen) atoms. The van der Waals surface area contributed by atoms with Crippen molar-refractivity contribution in [1.82, 2.24) is 10.4 Å². The minimum atomic E-state index is -0.589. The Morgan fingerprint density at radius 1 is 1.32 bits per heavy atom. The molecule has 4 N–H and O–H groups in total. The van der Waals surface area contributed by atoms with E-state index >= 15 is 0 Å². The lowest BCUT2D eigenvalue weighted by atomic mass is 10.0. The molecular weight excluding hydrogens is 347 g/mol. The van der Waals surface area contributed by atoms with E-state index < -0.39 is 16.6 Å². The van der Waals surface area contributed by atoms with Gasteiger partial charge in [-0.1, -0.05) is 18.2 Å². The largest absolute Gasteiger partial charge is 0.350 e. The Kier molecular flexibility index (Phi) is 4.68. The first-order valence-corrected chi connectivity index (χ1v) is 8.16. The first-order chi connectivity index (χ1) is 12.0. The first-order valence-electron chi connectivity index (χ1n) is 7.17. The van der Waals surface area contributed by atoms with Crippen molar-refractivity contribution < 1.29 is 14.1 Å². The van der Waals surface area contributed by atoms with Gasteiger partial charge < -0.3 is 4.98 Å². The minimum absolute atomic E-state index is 0.124. The van der Waals surface area contributed by atoms with Crippen LogP contribution in [-0.2, 0) is 0 Å². The van der Waals surface area contributed by atoms with Gasteiger partial charge in [-0.15, -0.1) is 0 Å². The third-order valence-electron chi connectivity index (χ3n) is 3.61. The van der Waals surface area contributed by atoms with Gasteiger partial charge in [0, 0.05) is 31.8 Å². The number of fused-ring (bicyclic) bond motifs is 1. The summed E-state index contributed by atoms with van der Waals surface area (Å²) in [4.78, 5) is 25.8. The number of nitrogens with two attached hydrogens (primary N) is 1. The van der Waals surface area contributed by atoms with Crippen molar-refractivity contribution in [2.24, 2.45) is 5.84 Å². The number of thioether (sulfide) groups is 1. The van der Waals surface area contributed by atoms with Crippen LogP contribution in [0.5, 0.6) is 0 Å². The highest BCUT2D eigenvalue weighted by Gasteiger charge is 2.21. The number of hydrogen-bond acceptors (Lipinski definition) is 5. The Balaban J connectivity index is 2.22. The zero-order valence-corrected chi connectivity index (χ0v) is 13.6. The van der Waals surface area contributed by atoms with Crippen LogP contribution in [0.2, 0.25) is 0 Å². The monoisotopic (exact) mass is 360 g/mol. The Morgan fingerprint density at radius 3 is 2.76 bits per heavy atom. The Morgan fingerprint density at radius 2 is 2.08 bits per heavy atom. The molecule has 0 radical (unpaired) electrons. The minimum Gasteiger partial charge on any atom is -0.350 e. The van der Waals surface area contributed by atoms with Crippen LogP contribution in [0, 0.1) is 15.9 Å². The predicted molar refractivity (Wildman–Crippen MR) is 93.1 cm³/mol. The van der Waals surface area contributed by atoms with Crippen LogP contribution in [0.25, 0.3) is 22.0 Å². The summed E-state index contributed by atoms with van der Waals surface area (Å²) < 4.78 is 14.3. The molecule has 1 heterocycles. The van der Waals surface area contributed by atoms with E-state index in [9.17, 15) is 19.3 Å². The number of aromatic amines is 1. The molecule has 0 saturated heterocycles. The predicted octanol–water partition coefficient (Wildman–Crippen LogP) is 2.90. The van der Waals surface area contributed by atoms with Gasteiger partial charge in [0.15, 0.2) is 0 Å². The molecule has 0 spiro atoms. The number of nitrogens with zero attached hydrogens (tertiary/aromatic N) is 1. The smallest absolute Gasteiger partial charge is 0.282 e. The molecule has 1 amide bonds. The topological polar surface area (TPSA) is 114 Å². The number of hydrogen-bond donors (Lipinski definition) is 3. The molecular formula is C16H13FN4O3S. The van der Waals surface area contributed by atoms with Crippen LogP contribution in [0.4, 0.5) is 4.39 Å². The van der Waals surface area contributed by atoms with E-state index in [1.54, 1.807) is 36.4 Å². The third kappa shape index (κ3) is 3.32. The van der Waals surface area contributed by atoms with Crippen LogP contribution >= 0.6 is 11.8 Å². The summed E-state index contributed by atoms with van der Waals surface area (Å²) in [7, 11) is 0. The standard InChI is InChI=1S/C16H13FN4O3S/c17-12-4-2-1-3-10(12)14-11-7-9(25-8-21(23)24)5-6-13(11)19-15(14)16(22)20-18/h1-7,19H,8,18H2,(H,20,22). The van der Waals surface area contributed by atoms with Gasteiger partial charge in [0.1, 0.15) is 11.5 Å². The number of carbonyl (C=O) groups excluding carboxylic acids is 1. The number of benzene rings is 2. The molecule has 0 fully saturated rings. The molecule has 0 aliphatic rings. The van der Waals surface area contributed by atoms with Crippen LogP contribution in [0.3, 0.4) is 0 Å². The zero-order valence-electron chi connectivity index (χ0n) is 12.8. The summed E-state index contributed by atoms with van der Waals surface area (Å²) in [5, 5.41) is 11.1. The molecule has 0 aliphatic heterocycles. The fourth-order valence-electron chi connectivity index (χ4n) is 2.57. The number of nitrogen functional groups attached to an aromatic ring is 1. The number of carbonyl (C=O) groups is 1. The fourth-order valence-corrected chi connectivity index (χ4v) is 3.19. The van der Waals surface area contributed by atoms with Crippen LogP contribution < -0.4 is 11.3 Å². The number of amides is 1. The van der Waals surface area contributed by atoms with Crippen LogP contribution in [-0.4, -0.2) is 21.7 Å². The van der Waals surface area contributed by atoms with Crippen molar-refractivity contribution in [3.8, 4) is 11.1 Å². The van der Waals surface area contributed by atoms with E-state index in [1.165, 1.54) is 6.07 Å². The second-order valence-corrected chi connectivity index (χ2v) is 6.16. The summed E-state index contributed by atoms with van der Waals surface area (Å²) in [5.74, 6) is 3.86. The molecule has 3 aromatic rings. The van der Waals surface area contributed by atoms with Crippen LogP contribution in [0.1, 0.15) is 10.5 Å². The number of nitrogens with one attached hydrogen (secondary N) is 2. The fraction of sp³-hybridized carbons (Fsp3) is 0.0625. The lowest BCUT2D eigenvalue weighted by Gasteiger charge is -2.06. The molecule has 0 atom stereocenters. The zero-order chi connectivity index (χ0) is 18.0. The molecule has 1 aromatic heterocycles. The molecule has 0 saturated carbocycles. The molecule has 2 aromatic carbocycles. The number of rotatable bonds is 5. The average Bonchev–Trinajstić information content (AvgIpc) is 2.98. The number of nitro groups is 1. The highest BCUT2D eigenvalue weighted by molar-refractivity contribution is 7.99. The first kappa shape index (κ1) is 16.9. The molecule has 3 rings (SSSR count). The van der Waals surface area contributed by atoms with E-state index in [-0.39, 0.29) is 17.1 Å². The lowest BCUT2D eigenvalue weighted by molar-refractivity contribution is -0.456. The SMILES string of the molecule is NNC(=O)c1[nH]c2ccc(SC[N+](=O)[O-])cc2c1-c1ccccc1F. The highest BCUT2D eigenvalue weighted by atomic mass is 32.2. The maximum Gasteiger partial charge on any atom is 0.282 e. The van der Waals surface area contributed by atoms with Crippen molar-refractivity contribution in [2.45, 2.75) is 4.90 Å². The Hall–Kier alpha value is -2.91. The van der Waals surface area contributed by atoms with E-state index in [1.807, 2.05) is 5.43 Å². The second kappa shape index (κ2) is 6.91. The maximum atomic E-state index is 14.3. The van der Waals surface area contributed by atoms with Gasteiger partial charge in [-0.05, 0) is 36.0 Å². The van der Waals surface area contributed by atoms with Gasteiger partial charge in [-0.2, -0.15) is 0 Å². The molecule has 0 bridgehead atoms. The molecule has 0 unspecified atom stereocenters. The lowest BCUT2D eigenvalue weighted by Crippen LogP contribution is -2.30. The Bertz CT molecular complexity index is 973. The van der Waals surface area contributed by atoms with Gasteiger partial charge in [0.25, 0.3) is 11.8 Å². The average molecular weight is 360 g/mol. The number of H-pyrrole nitrogens is 1. The molecule has 128 valence electrons. The van der Waals surface area contributed by atoms with Gasteiger partial charge in [0.05, 0.1) is 0 Å². The Labute approximate surface area is 145 Å². The summed E-state index contributed by atoms with van der Waals surface area (Å²) in [5.41, 5.74) is 3.36. The summed E-state index contributed by atoms with van der Waals surface area (Å²) in [6.07, 6.45) is 0. The second-order valence-electron chi connectivity index (χ2n) is 5.14. The normalized spacial score (nSPS) is 10.8. The summed E-state index contributed by atoms with van der Waals surface area (Å²) >= 11 is 1.04. The van der Waals surface area contributed by atoms with E-state index in [0.717, 1.165) is 11.8 Å². The van der Waals surface area contributed by atoms with E-state index in [0.29, 0.717) is 21.4 Å².